The number of carbonyl (C=O) groups is 1. The molecule has 1 unspecified atom stereocenters. The highest BCUT2D eigenvalue weighted by atomic mass is 16.3. The van der Waals surface area contributed by atoms with Crippen LogP contribution < -0.4 is 0 Å². The molecule has 1 saturated heterocycles. The Morgan fingerprint density at radius 2 is 1.91 bits per heavy atom. The van der Waals surface area contributed by atoms with Gasteiger partial charge in [0.25, 0.3) is 5.91 Å². The molecule has 0 radical (unpaired) electrons. The Hall–Kier alpha value is -1.62. The second-order valence-electron chi connectivity index (χ2n) is 5.29. The molecule has 0 spiro atoms. The molecule has 1 rings (SSSR count). The third kappa shape index (κ3) is 5.30. The minimum atomic E-state index is -0.487. The molecule has 7 nitrogen and oxygen atoms in total. The third-order valence-electron chi connectivity index (χ3n) is 3.81. The zero-order valence-corrected chi connectivity index (χ0v) is 12.8. The maximum atomic E-state index is 12.3. The van der Waals surface area contributed by atoms with E-state index in [-0.39, 0.29) is 44.5 Å². The van der Waals surface area contributed by atoms with Crippen molar-refractivity contribution in [3.8, 4) is 6.07 Å². The van der Waals surface area contributed by atoms with Crippen LogP contribution >= 0.6 is 0 Å². The molecule has 7 heteroatoms. The SMILES string of the molecule is N#C/C(=C/N1CCCCC1CCO)C(=O)N(CCO)CCO. The number of aliphatic hydroxyl groups is 3. The first-order valence-corrected chi connectivity index (χ1v) is 7.67. The Labute approximate surface area is 131 Å². The molecule has 0 aromatic heterocycles. The van der Waals surface area contributed by atoms with Crippen LogP contribution in [0.1, 0.15) is 25.7 Å². The van der Waals surface area contributed by atoms with Gasteiger partial charge in [-0.15, -0.1) is 0 Å². The van der Waals surface area contributed by atoms with E-state index < -0.39 is 5.91 Å². The molecule has 22 heavy (non-hydrogen) atoms. The molecule has 1 atom stereocenters. The lowest BCUT2D eigenvalue weighted by molar-refractivity contribution is -0.127. The lowest BCUT2D eigenvalue weighted by Gasteiger charge is -2.35. The van der Waals surface area contributed by atoms with Crippen LogP contribution in [-0.2, 0) is 4.79 Å². The van der Waals surface area contributed by atoms with Crippen molar-refractivity contribution in [2.75, 3.05) is 39.5 Å². The van der Waals surface area contributed by atoms with Crippen molar-refractivity contribution in [2.45, 2.75) is 31.7 Å². The molecule has 1 aliphatic rings. The summed E-state index contributed by atoms with van der Waals surface area (Å²) in [6.07, 6.45) is 5.17. The maximum absolute atomic E-state index is 12.3. The van der Waals surface area contributed by atoms with Gasteiger partial charge in [-0.3, -0.25) is 4.79 Å². The van der Waals surface area contributed by atoms with Crippen LogP contribution in [-0.4, -0.2) is 76.5 Å². The third-order valence-corrected chi connectivity index (χ3v) is 3.81. The summed E-state index contributed by atoms with van der Waals surface area (Å²) in [5.74, 6) is -0.487. The van der Waals surface area contributed by atoms with Crippen molar-refractivity contribution >= 4 is 5.91 Å². The summed E-state index contributed by atoms with van der Waals surface area (Å²) in [5, 5.41) is 36.4. The lowest BCUT2D eigenvalue weighted by atomic mass is 10.00. The van der Waals surface area contributed by atoms with Crippen LogP contribution in [0.3, 0.4) is 0 Å². The molecule has 1 aliphatic heterocycles. The molecular formula is C15H25N3O4. The number of likely N-dealkylation sites (tertiary alicyclic amines) is 1. The van der Waals surface area contributed by atoms with E-state index in [0.29, 0.717) is 6.42 Å². The smallest absolute Gasteiger partial charge is 0.266 e. The van der Waals surface area contributed by atoms with Gasteiger partial charge < -0.3 is 25.1 Å². The minimum absolute atomic E-state index is 0.00765. The fourth-order valence-electron chi connectivity index (χ4n) is 2.68. The van der Waals surface area contributed by atoms with E-state index >= 15 is 0 Å². The fourth-order valence-corrected chi connectivity index (χ4v) is 2.68. The first-order valence-electron chi connectivity index (χ1n) is 7.67. The predicted molar refractivity (Wildman–Crippen MR) is 80.5 cm³/mol. The Balaban J connectivity index is 2.86. The monoisotopic (exact) mass is 311 g/mol. The van der Waals surface area contributed by atoms with Crippen LogP contribution in [0.5, 0.6) is 0 Å². The Kier molecular flexibility index (Phi) is 8.51. The second-order valence-corrected chi connectivity index (χ2v) is 5.29. The van der Waals surface area contributed by atoms with E-state index in [2.05, 4.69) is 0 Å². The summed E-state index contributed by atoms with van der Waals surface area (Å²) < 4.78 is 0. The van der Waals surface area contributed by atoms with Crippen molar-refractivity contribution < 1.29 is 20.1 Å². The van der Waals surface area contributed by atoms with Gasteiger partial charge in [0.2, 0.25) is 0 Å². The Morgan fingerprint density at radius 1 is 1.23 bits per heavy atom. The fraction of sp³-hybridized carbons (Fsp3) is 0.733. The Morgan fingerprint density at radius 3 is 2.45 bits per heavy atom. The highest BCUT2D eigenvalue weighted by Crippen LogP contribution is 2.21. The summed E-state index contributed by atoms with van der Waals surface area (Å²) in [5.41, 5.74) is -0.00765. The molecule has 1 heterocycles. The van der Waals surface area contributed by atoms with Gasteiger partial charge in [-0.25, -0.2) is 0 Å². The average Bonchev–Trinajstić information content (AvgIpc) is 2.53. The van der Waals surface area contributed by atoms with Gasteiger partial charge in [-0.1, -0.05) is 0 Å². The van der Waals surface area contributed by atoms with Gasteiger partial charge in [0.15, 0.2) is 0 Å². The molecule has 3 N–H and O–H groups in total. The summed E-state index contributed by atoms with van der Waals surface area (Å²) in [6.45, 7) is 0.550. The molecular weight excluding hydrogens is 286 g/mol. The first-order chi connectivity index (χ1) is 10.7. The largest absolute Gasteiger partial charge is 0.396 e. The van der Waals surface area contributed by atoms with Gasteiger partial charge in [-0.2, -0.15) is 5.26 Å². The van der Waals surface area contributed by atoms with Crippen molar-refractivity contribution in [3.05, 3.63) is 11.8 Å². The van der Waals surface area contributed by atoms with Crippen LogP contribution in [0.15, 0.2) is 11.8 Å². The minimum Gasteiger partial charge on any atom is -0.396 e. The molecule has 0 bridgehead atoms. The first kappa shape index (κ1) is 18.4. The van der Waals surface area contributed by atoms with E-state index in [4.69, 9.17) is 15.3 Å². The zero-order chi connectivity index (χ0) is 16.4. The van der Waals surface area contributed by atoms with Gasteiger partial charge in [-0.05, 0) is 25.7 Å². The molecule has 0 aromatic carbocycles. The predicted octanol–water partition coefficient (Wildman–Crippen LogP) is -0.556. The number of nitriles is 1. The topological polar surface area (TPSA) is 108 Å². The summed E-state index contributed by atoms with van der Waals surface area (Å²) in [4.78, 5) is 15.5. The average molecular weight is 311 g/mol. The van der Waals surface area contributed by atoms with Crippen LogP contribution in [0, 0.1) is 11.3 Å². The maximum Gasteiger partial charge on any atom is 0.266 e. The van der Waals surface area contributed by atoms with E-state index in [0.717, 1.165) is 25.8 Å². The molecule has 0 saturated carbocycles. The molecule has 0 aromatic rings. The van der Waals surface area contributed by atoms with Gasteiger partial charge >= 0.3 is 0 Å². The Bertz CT molecular complexity index is 412. The van der Waals surface area contributed by atoms with E-state index in [1.54, 1.807) is 6.20 Å². The second kappa shape index (κ2) is 10.2. The van der Waals surface area contributed by atoms with Crippen LogP contribution in [0.2, 0.25) is 0 Å². The van der Waals surface area contributed by atoms with Crippen molar-refractivity contribution in [1.82, 2.24) is 9.80 Å². The number of rotatable bonds is 8. The van der Waals surface area contributed by atoms with Gasteiger partial charge in [0.1, 0.15) is 11.6 Å². The number of piperidine rings is 1. The van der Waals surface area contributed by atoms with Crippen molar-refractivity contribution in [3.63, 3.8) is 0 Å². The van der Waals surface area contributed by atoms with Crippen LogP contribution in [0.25, 0.3) is 0 Å². The van der Waals surface area contributed by atoms with Gasteiger partial charge in [0.05, 0.1) is 13.2 Å². The van der Waals surface area contributed by atoms with Crippen LogP contribution in [0.4, 0.5) is 0 Å². The number of carbonyl (C=O) groups excluding carboxylic acids is 1. The molecule has 0 aliphatic carbocycles. The number of aliphatic hydroxyl groups excluding tert-OH is 3. The van der Waals surface area contributed by atoms with Gasteiger partial charge in [0, 0.05) is 38.5 Å². The normalized spacial score (nSPS) is 18.9. The number of amides is 1. The molecule has 124 valence electrons. The summed E-state index contributed by atoms with van der Waals surface area (Å²) in [7, 11) is 0. The standard InChI is InChI=1S/C15H25N3O4/c16-11-13(15(22)17(6-9-20)7-10-21)12-18-5-2-1-3-14(18)4-8-19/h12,14,19-21H,1-10H2/b13-12-. The number of hydrogen-bond acceptors (Lipinski definition) is 6. The van der Waals surface area contributed by atoms with Crippen molar-refractivity contribution in [1.29, 1.82) is 5.26 Å². The highest BCUT2D eigenvalue weighted by molar-refractivity contribution is 5.97. The van der Waals surface area contributed by atoms with Crippen molar-refractivity contribution in [2.24, 2.45) is 0 Å². The molecule has 1 fully saturated rings. The quantitative estimate of drug-likeness (QED) is 0.410. The molecule has 1 amide bonds. The van der Waals surface area contributed by atoms with E-state index in [9.17, 15) is 10.1 Å². The number of hydrogen-bond donors (Lipinski definition) is 3. The van der Waals surface area contributed by atoms with E-state index in [1.165, 1.54) is 4.90 Å². The zero-order valence-electron chi connectivity index (χ0n) is 12.8. The summed E-state index contributed by atoms with van der Waals surface area (Å²) >= 11 is 0. The number of nitrogens with zero attached hydrogens (tertiary/aromatic N) is 3. The summed E-state index contributed by atoms with van der Waals surface area (Å²) in [6, 6.07) is 2.05. The highest BCUT2D eigenvalue weighted by Gasteiger charge is 2.23. The lowest BCUT2D eigenvalue weighted by Crippen LogP contribution is -2.39. The van der Waals surface area contributed by atoms with E-state index in [1.807, 2.05) is 11.0 Å².